The molecular weight excluding hydrogens is 391 g/mol. The first-order valence-corrected chi connectivity index (χ1v) is 8.00. The molecule has 1 N–H and O–H groups in total. The highest BCUT2D eigenvalue weighted by Gasteiger charge is 3.00. The van der Waals surface area contributed by atoms with Crippen LogP contribution in [-0.2, 0) is 6.42 Å². The molecule has 0 amide bonds. The Balaban J connectivity index is 2.43. The number of rotatable bonds is 5. The van der Waals surface area contributed by atoms with Crippen LogP contribution in [-0.4, -0.2) is 34.5 Å². The van der Waals surface area contributed by atoms with Gasteiger partial charge < -0.3 is 5.11 Å². The molecule has 2 rings (SSSR count). The van der Waals surface area contributed by atoms with Crippen molar-refractivity contribution in [2.45, 2.75) is 62.2 Å². The molecule has 154 valence electrons. The second kappa shape index (κ2) is 6.28. The Hall–Kier alpha value is -1.45. The van der Waals surface area contributed by atoms with Crippen LogP contribution in [0.2, 0.25) is 0 Å². The van der Waals surface area contributed by atoms with Gasteiger partial charge >= 0.3 is 23.7 Å². The van der Waals surface area contributed by atoms with E-state index in [1.54, 1.807) is 6.07 Å². The molecular formula is C17H17F9O. The molecule has 0 spiro atoms. The molecule has 0 heterocycles. The highest BCUT2D eigenvalue weighted by Crippen LogP contribution is 2.70. The zero-order valence-corrected chi connectivity index (χ0v) is 14.2. The van der Waals surface area contributed by atoms with Gasteiger partial charge in [0.25, 0.3) is 5.67 Å². The van der Waals surface area contributed by atoms with E-state index in [4.69, 9.17) is 0 Å². The van der Waals surface area contributed by atoms with Crippen LogP contribution < -0.4 is 0 Å². The van der Waals surface area contributed by atoms with Gasteiger partial charge in [-0.05, 0) is 23.5 Å². The number of alkyl halides is 9. The number of hydrogen-bond donors (Lipinski definition) is 1. The number of aliphatic hydroxyl groups is 1. The lowest BCUT2D eigenvalue weighted by Crippen LogP contribution is -2.55. The van der Waals surface area contributed by atoms with Gasteiger partial charge in [-0.3, -0.25) is 0 Å². The van der Waals surface area contributed by atoms with Gasteiger partial charge in [0.15, 0.2) is 0 Å². The largest absolute Gasteiger partial charge is 0.388 e. The molecule has 0 aromatic heterocycles. The number of aliphatic hydroxyl groups excluding tert-OH is 1. The van der Waals surface area contributed by atoms with Gasteiger partial charge in [0, 0.05) is 6.42 Å². The lowest BCUT2D eigenvalue weighted by molar-refractivity contribution is -0.303. The summed E-state index contributed by atoms with van der Waals surface area (Å²) in [6.45, 7) is 3.65. The van der Waals surface area contributed by atoms with Gasteiger partial charge in [0.2, 0.25) is 0 Å². The molecule has 0 aliphatic heterocycles. The lowest BCUT2D eigenvalue weighted by atomic mass is 9.87. The van der Waals surface area contributed by atoms with Crippen LogP contribution in [0, 0.1) is 5.92 Å². The average molecular weight is 408 g/mol. The van der Waals surface area contributed by atoms with Crippen molar-refractivity contribution >= 4 is 0 Å². The first-order valence-electron chi connectivity index (χ1n) is 8.00. The Morgan fingerprint density at radius 3 is 1.74 bits per heavy atom. The molecule has 27 heavy (non-hydrogen) atoms. The minimum absolute atomic E-state index is 0.116. The Labute approximate surface area is 149 Å². The van der Waals surface area contributed by atoms with E-state index in [1.165, 1.54) is 12.1 Å². The molecule has 0 radical (unpaired) electrons. The number of halogens is 9. The summed E-state index contributed by atoms with van der Waals surface area (Å²) in [5.41, 5.74) is -5.44. The zero-order chi connectivity index (χ0) is 21.1. The first kappa shape index (κ1) is 21.8. The van der Waals surface area contributed by atoms with Gasteiger partial charge in [0.05, 0.1) is 6.10 Å². The van der Waals surface area contributed by atoms with Gasteiger partial charge in [-0.15, -0.1) is 0 Å². The summed E-state index contributed by atoms with van der Waals surface area (Å²) >= 11 is 0. The van der Waals surface area contributed by atoms with Gasteiger partial charge in [-0.25, -0.2) is 4.39 Å². The third-order valence-corrected chi connectivity index (χ3v) is 4.63. The van der Waals surface area contributed by atoms with E-state index in [0.29, 0.717) is 12.0 Å². The number of hydrogen-bond acceptors (Lipinski definition) is 1. The second-order valence-electron chi connectivity index (χ2n) is 7.16. The monoisotopic (exact) mass is 408 g/mol. The predicted molar refractivity (Wildman–Crippen MR) is 78.2 cm³/mol. The highest BCUT2D eigenvalue weighted by atomic mass is 19.4. The van der Waals surface area contributed by atoms with Gasteiger partial charge in [-0.1, -0.05) is 38.1 Å². The molecule has 1 aliphatic rings. The van der Waals surface area contributed by atoms with E-state index in [2.05, 4.69) is 0 Å². The molecule has 1 nitrogen and oxygen atoms in total. The maximum Gasteiger partial charge on any atom is 0.381 e. The quantitative estimate of drug-likeness (QED) is 0.632. The van der Waals surface area contributed by atoms with E-state index in [9.17, 15) is 44.6 Å². The smallest absolute Gasteiger partial charge is 0.381 e. The molecule has 1 aromatic rings. The number of benzene rings is 1. The zero-order valence-electron chi connectivity index (χ0n) is 14.2. The molecule has 10 heteroatoms. The average Bonchev–Trinajstić information content (AvgIpc) is 2.57. The summed E-state index contributed by atoms with van der Waals surface area (Å²) in [4.78, 5) is 0. The predicted octanol–water partition coefficient (Wildman–Crippen LogP) is 5.57. The van der Waals surface area contributed by atoms with Crippen LogP contribution in [0.25, 0.3) is 0 Å². The van der Waals surface area contributed by atoms with Crippen molar-refractivity contribution in [3.05, 3.63) is 35.4 Å². The third-order valence-electron chi connectivity index (χ3n) is 4.63. The van der Waals surface area contributed by atoms with Crippen LogP contribution >= 0.6 is 0 Å². The Morgan fingerprint density at radius 1 is 0.815 bits per heavy atom. The van der Waals surface area contributed by atoms with Crippen molar-refractivity contribution in [3.63, 3.8) is 0 Å². The van der Waals surface area contributed by atoms with Crippen LogP contribution in [0.4, 0.5) is 39.5 Å². The maximum atomic E-state index is 14.5. The highest BCUT2D eigenvalue weighted by molar-refractivity contribution is 5.30. The Morgan fingerprint density at radius 2 is 1.30 bits per heavy atom. The summed E-state index contributed by atoms with van der Waals surface area (Å²) in [6.07, 6.45) is -4.32. The van der Waals surface area contributed by atoms with Crippen molar-refractivity contribution in [2.24, 2.45) is 5.92 Å². The fourth-order valence-corrected chi connectivity index (χ4v) is 3.13. The molecule has 1 atom stereocenters. The van der Waals surface area contributed by atoms with Crippen LogP contribution in [0.15, 0.2) is 24.3 Å². The molecule has 1 aliphatic carbocycles. The lowest BCUT2D eigenvalue weighted by Gasteiger charge is -2.32. The van der Waals surface area contributed by atoms with Crippen molar-refractivity contribution in [1.29, 1.82) is 0 Å². The summed E-state index contributed by atoms with van der Waals surface area (Å²) in [5.74, 6) is -25.9. The molecule has 1 aromatic carbocycles. The van der Waals surface area contributed by atoms with Crippen molar-refractivity contribution in [1.82, 2.24) is 0 Å². The Bertz CT molecular complexity index is 673. The standard InChI is InChI=1S/C17H17F9O/c1-9(2)6-10-4-3-5-11(7-10)12(27)8-13(18)14(19,20)16(23,24)17(25,26)15(13,21)22/h3-5,7,9,12,27H,6,8H2,1-2H3. The van der Waals surface area contributed by atoms with Crippen molar-refractivity contribution in [3.8, 4) is 0 Å². The molecule has 1 unspecified atom stereocenters. The van der Waals surface area contributed by atoms with E-state index in [0.717, 1.165) is 6.07 Å². The van der Waals surface area contributed by atoms with Gasteiger partial charge in [0.1, 0.15) is 0 Å². The molecule has 1 fully saturated rings. The van der Waals surface area contributed by atoms with E-state index >= 15 is 0 Å². The topological polar surface area (TPSA) is 20.2 Å². The minimum Gasteiger partial charge on any atom is -0.388 e. The van der Waals surface area contributed by atoms with Crippen LogP contribution in [0.5, 0.6) is 0 Å². The fraction of sp³-hybridized carbons (Fsp3) is 0.647. The summed E-state index contributed by atoms with van der Waals surface area (Å²) in [7, 11) is 0. The summed E-state index contributed by atoms with van der Waals surface area (Å²) in [5, 5.41) is 9.91. The maximum absolute atomic E-state index is 14.5. The van der Waals surface area contributed by atoms with Crippen LogP contribution in [0.1, 0.15) is 37.5 Å². The van der Waals surface area contributed by atoms with Crippen LogP contribution in [0.3, 0.4) is 0 Å². The minimum atomic E-state index is -6.63. The fourth-order valence-electron chi connectivity index (χ4n) is 3.13. The van der Waals surface area contributed by atoms with Crippen molar-refractivity contribution < 1.29 is 44.6 Å². The SMILES string of the molecule is CC(C)Cc1cccc(C(O)CC2(F)C(F)(F)C(F)(F)C(F)(F)C2(F)F)c1. The summed E-state index contributed by atoms with van der Waals surface area (Å²) in [6, 6.07) is 5.13. The molecule has 0 bridgehead atoms. The van der Waals surface area contributed by atoms with Gasteiger partial charge in [-0.2, -0.15) is 35.1 Å². The van der Waals surface area contributed by atoms with Crippen molar-refractivity contribution in [2.75, 3.05) is 0 Å². The Kier molecular flexibility index (Phi) is 5.08. The first-order chi connectivity index (χ1) is 12.0. The second-order valence-corrected chi connectivity index (χ2v) is 7.16. The normalized spacial score (nSPS) is 25.5. The molecule has 1 saturated carbocycles. The summed E-state index contributed by atoms with van der Waals surface area (Å²) < 4.78 is 122. The van der Waals surface area contributed by atoms with E-state index < -0.39 is 41.9 Å². The van der Waals surface area contributed by atoms with E-state index in [1.807, 2.05) is 13.8 Å². The van der Waals surface area contributed by atoms with E-state index in [-0.39, 0.29) is 11.5 Å². The molecule has 0 saturated heterocycles. The third kappa shape index (κ3) is 2.82.